The van der Waals surface area contributed by atoms with E-state index >= 15 is 0 Å². The van der Waals surface area contributed by atoms with E-state index in [-0.39, 0.29) is 5.91 Å². The summed E-state index contributed by atoms with van der Waals surface area (Å²) in [5.74, 6) is 0.723. The number of amides is 1. The summed E-state index contributed by atoms with van der Waals surface area (Å²) >= 11 is 0. The number of aryl methyl sites for hydroxylation is 1. The maximum absolute atomic E-state index is 12.1. The first-order valence-electron chi connectivity index (χ1n) is 7.68. The van der Waals surface area contributed by atoms with Crippen LogP contribution >= 0.6 is 0 Å². The van der Waals surface area contributed by atoms with Gasteiger partial charge in [0.05, 0.1) is 0 Å². The molecule has 1 aromatic carbocycles. The van der Waals surface area contributed by atoms with Gasteiger partial charge in [0.15, 0.2) is 6.10 Å². The van der Waals surface area contributed by atoms with Crippen molar-refractivity contribution < 1.29 is 14.3 Å². The zero-order valence-corrected chi connectivity index (χ0v) is 13.6. The average Bonchev–Trinajstić information content (AvgIpc) is 2.48. The van der Waals surface area contributed by atoms with Crippen LogP contribution in [-0.4, -0.2) is 31.8 Å². The van der Waals surface area contributed by atoms with Crippen LogP contribution < -0.4 is 10.1 Å². The second-order valence-electron chi connectivity index (χ2n) is 5.05. The Balaban J connectivity index is 2.50. The monoisotopic (exact) mass is 293 g/mol. The fourth-order valence-corrected chi connectivity index (χ4v) is 1.97. The minimum absolute atomic E-state index is 0.0603. The second-order valence-corrected chi connectivity index (χ2v) is 5.05. The fraction of sp³-hybridized carbons (Fsp3) is 0.588. The lowest BCUT2D eigenvalue weighted by molar-refractivity contribution is -0.128. The lowest BCUT2D eigenvalue weighted by Crippen LogP contribution is -2.38. The van der Waals surface area contributed by atoms with Crippen LogP contribution in [0.2, 0.25) is 0 Å². The molecule has 0 fully saturated rings. The van der Waals surface area contributed by atoms with Crippen molar-refractivity contribution in [2.24, 2.45) is 0 Å². The van der Waals surface area contributed by atoms with Gasteiger partial charge >= 0.3 is 0 Å². The van der Waals surface area contributed by atoms with Gasteiger partial charge in [-0.3, -0.25) is 4.79 Å². The average molecular weight is 293 g/mol. The molecule has 0 saturated carbocycles. The van der Waals surface area contributed by atoms with Crippen molar-refractivity contribution in [1.29, 1.82) is 0 Å². The summed E-state index contributed by atoms with van der Waals surface area (Å²) in [6.07, 6.45) is 1.02. The van der Waals surface area contributed by atoms with Crippen molar-refractivity contribution in [3.63, 3.8) is 0 Å². The number of hydrogen-bond acceptors (Lipinski definition) is 3. The molecule has 0 radical (unpaired) electrons. The van der Waals surface area contributed by atoms with Gasteiger partial charge in [-0.1, -0.05) is 19.1 Å². The van der Waals surface area contributed by atoms with Gasteiger partial charge in [0.2, 0.25) is 0 Å². The van der Waals surface area contributed by atoms with Gasteiger partial charge < -0.3 is 14.8 Å². The summed E-state index contributed by atoms with van der Waals surface area (Å²) in [5, 5.41) is 2.90. The van der Waals surface area contributed by atoms with E-state index in [1.807, 2.05) is 45.9 Å². The zero-order valence-electron chi connectivity index (χ0n) is 13.6. The Bertz CT molecular complexity index is 446. The summed E-state index contributed by atoms with van der Waals surface area (Å²) < 4.78 is 11.1. The number of nitrogens with one attached hydrogen (secondary N) is 1. The molecule has 21 heavy (non-hydrogen) atoms. The van der Waals surface area contributed by atoms with Crippen molar-refractivity contribution in [2.45, 2.75) is 46.6 Å². The van der Waals surface area contributed by atoms with Crippen LogP contribution in [-0.2, 0) is 9.53 Å². The van der Waals surface area contributed by atoms with E-state index in [2.05, 4.69) is 5.32 Å². The van der Waals surface area contributed by atoms with Gasteiger partial charge in [-0.15, -0.1) is 0 Å². The maximum atomic E-state index is 12.1. The van der Waals surface area contributed by atoms with Gasteiger partial charge in [-0.25, -0.2) is 0 Å². The fourth-order valence-electron chi connectivity index (χ4n) is 1.97. The molecule has 0 aliphatic rings. The van der Waals surface area contributed by atoms with Gasteiger partial charge in [0, 0.05) is 19.8 Å². The molecule has 118 valence electrons. The molecule has 1 aromatic rings. The molecule has 4 nitrogen and oxygen atoms in total. The van der Waals surface area contributed by atoms with E-state index in [1.54, 1.807) is 0 Å². The number of carbonyl (C=O) groups excluding carboxylic acids is 1. The third-order valence-corrected chi connectivity index (χ3v) is 3.46. The standard InChI is InChI=1S/C17H27NO3/c1-5-15(17(19)18-11-8-12-20-6-2)21-16-10-7-9-13(3)14(16)4/h7,9-10,15H,5-6,8,11-12H2,1-4H3,(H,18,19)/t15-/m1/s1. The van der Waals surface area contributed by atoms with Crippen LogP contribution in [0.25, 0.3) is 0 Å². The van der Waals surface area contributed by atoms with Gasteiger partial charge in [0.1, 0.15) is 5.75 Å². The number of ether oxygens (including phenoxy) is 2. The van der Waals surface area contributed by atoms with Crippen LogP contribution in [0, 0.1) is 13.8 Å². The summed E-state index contributed by atoms with van der Waals surface area (Å²) in [7, 11) is 0. The predicted molar refractivity (Wildman–Crippen MR) is 84.7 cm³/mol. The SMILES string of the molecule is CCOCCCNC(=O)[C@@H](CC)Oc1cccc(C)c1C. The first-order valence-corrected chi connectivity index (χ1v) is 7.68. The minimum atomic E-state index is -0.447. The Morgan fingerprint density at radius 3 is 2.71 bits per heavy atom. The molecule has 0 bridgehead atoms. The highest BCUT2D eigenvalue weighted by Gasteiger charge is 2.18. The zero-order chi connectivity index (χ0) is 15.7. The topological polar surface area (TPSA) is 47.6 Å². The lowest BCUT2D eigenvalue weighted by Gasteiger charge is -2.19. The smallest absolute Gasteiger partial charge is 0.261 e. The van der Waals surface area contributed by atoms with Gasteiger partial charge in [-0.05, 0) is 50.8 Å². The largest absolute Gasteiger partial charge is 0.480 e. The second kappa shape index (κ2) is 9.40. The van der Waals surface area contributed by atoms with Crippen LogP contribution in [0.1, 0.15) is 37.8 Å². The van der Waals surface area contributed by atoms with E-state index in [0.29, 0.717) is 26.2 Å². The Morgan fingerprint density at radius 1 is 1.29 bits per heavy atom. The Hall–Kier alpha value is -1.55. The maximum Gasteiger partial charge on any atom is 0.261 e. The van der Waals surface area contributed by atoms with E-state index in [9.17, 15) is 4.79 Å². The first kappa shape index (κ1) is 17.5. The van der Waals surface area contributed by atoms with Crippen LogP contribution in [0.4, 0.5) is 0 Å². The number of rotatable bonds is 9. The molecule has 1 N–H and O–H groups in total. The molecule has 0 aliphatic heterocycles. The number of benzene rings is 1. The Morgan fingerprint density at radius 2 is 2.05 bits per heavy atom. The number of hydrogen-bond donors (Lipinski definition) is 1. The predicted octanol–water partition coefficient (Wildman–Crippen LogP) is 3.00. The molecule has 0 aromatic heterocycles. The summed E-state index contributed by atoms with van der Waals surface area (Å²) in [4.78, 5) is 12.1. The molecular weight excluding hydrogens is 266 g/mol. The molecule has 0 heterocycles. The van der Waals surface area contributed by atoms with Crippen LogP contribution in [0.15, 0.2) is 18.2 Å². The van der Waals surface area contributed by atoms with Crippen molar-refractivity contribution in [3.05, 3.63) is 29.3 Å². The van der Waals surface area contributed by atoms with Crippen molar-refractivity contribution in [3.8, 4) is 5.75 Å². The van der Waals surface area contributed by atoms with Gasteiger partial charge in [0.25, 0.3) is 5.91 Å². The molecule has 0 saturated heterocycles. The van der Waals surface area contributed by atoms with Crippen LogP contribution in [0.5, 0.6) is 5.75 Å². The molecule has 0 spiro atoms. The third kappa shape index (κ3) is 5.76. The summed E-state index contributed by atoms with van der Waals surface area (Å²) in [6, 6.07) is 5.90. The van der Waals surface area contributed by atoms with E-state index in [0.717, 1.165) is 17.7 Å². The van der Waals surface area contributed by atoms with Crippen molar-refractivity contribution >= 4 is 5.91 Å². The lowest BCUT2D eigenvalue weighted by atomic mass is 10.1. The minimum Gasteiger partial charge on any atom is -0.480 e. The highest BCUT2D eigenvalue weighted by Crippen LogP contribution is 2.22. The first-order chi connectivity index (χ1) is 10.1. The Kier molecular flexibility index (Phi) is 7.83. The van der Waals surface area contributed by atoms with Gasteiger partial charge in [-0.2, -0.15) is 0 Å². The molecule has 0 unspecified atom stereocenters. The van der Waals surface area contributed by atoms with Crippen LogP contribution in [0.3, 0.4) is 0 Å². The normalized spacial score (nSPS) is 12.0. The van der Waals surface area contributed by atoms with Crippen molar-refractivity contribution in [2.75, 3.05) is 19.8 Å². The highest BCUT2D eigenvalue weighted by atomic mass is 16.5. The molecular formula is C17H27NO3. The van der Waals surface area contributed by atoms with E-state index < -0.39 is 6.10 Å². The third-order valence-electron chi connectivity index (χ3n) is 3.46. The Labute approximate surface area is 127 Å². The summed E-state index contributed by atoms with van der Waals surface area (Å²) in [5.41, 5.74) is 2.25. The van der Waals surface area contributed by atoms with E-state index in [4.69, 9.17) is 9.47 Å². The molecule has 1 atom stereocenters. The summed E-state index contributed by atoms with van der Waals surface area (Å²) in [6.45, 7) is 9.96. The highest BCUT2D eigenvalue weighted by molar-refractivity contribution is 5.81. The quantitative estimate of drug-likeness (QED) is 0.712. The molecule has 1 amide bonds. The molecule has 4 heteroatoms. The molecule has 0 aliphatic carbocycles. The van der Waals surface area contributed by atoms with E-state index in [1.165, 1.54) is 5.56 Å². The van der Waals surface area contributed by atoms with Crippen molar-refractivity contribution in [1.82, 2.24) is 5.32 Å². The number of carbonyl (C=O) groups is 1. The molecule has 1 rings (SSSR count).